The van der Waals surface area contributed by atoms with Gasteiger partial charge in [0.15, 0.2) is 6.10 Å². The van der Waals surface area contributed by atoms with Gasteiger partial charge in [-0.2, -0.15) is 13.2 Å². The molecule has 0 spiro atoms. The Morgan fingerprint density at radius 1 is 1.05 bits per heavy atom. The molecule has 0 bridgehead atoms. The maximum absolute atomic E-state index is 13.5. The maximum atomic E-state index is 13.5. The Kier molecular flexibility index (Phi) is 6.32. The Morgan fingerprint density at radius 2 is 1.78 bits per heavy atom. The summed E-state index contributed by atoms with van der Waals surface area (Å²) in [6.07, 6.45) is -1.31. The summed E-state index contributed by atoms with van der Waals surface area (Å²) in [5, 5.41) is 6.44. The first-order valence-corrected chi connectivity index (χ1v) is 11.3. The second-order valence-corrected chi connectivity index (χ2v) is 8.49. The van der Waals surface area contributed by atoms with E-state index in [9.17, 15) is 22.4 Å². The van der Waals surface area contributed by atoms with Gasteiger partial charge in [0.2, 0.25) is 5.82 Å². The van der Waals surface area contributed by atoms with Crippen molar-refractivity contribution in [2.75, 3.05) is 11.9 Å². The number of halogens is 4. The van der Waals surface area contributed by atoms with Crippen LogP contribution in [0.25, 0.3) is 22.0 Å². The van der Waals surface area contributed by atoms with E-state index >= 15 is 0 Å². The van der Waals surface area contributed by atoms with E-state index in [0.717, 1.165) is 12.4 Å². The summed E-state index contributed by atoms with van der Waals surface area (Å²) < 4.78 is 58.1. The molecule has 1 fully saturated rings. The Hall–Kier alpha value is -4.35. The van der Waals surface area contributed by atoms with E-state index in [2.05, 4.69) is 30.6 Å². The number of rotatable bonds is 6. The van der Waals surface area contributed by atoms with Gasteiger partial charge in [-0.25, -0.2) is 24.3 Å². The third-order valence-corrected chi connectivity index (χ3v) is 5.93. The van der Waals surface area contributed by atoms with E-state index in [0.29, 0.717) is 52.1 Å². The molecule has 2 atom stereocenters. The van der Waals surface area contributed by atoms with Crippen LogP contribution in [0.5, 0.6) is 5.75 Å². The number of anilines is 1. The minimum Gasteiger partial charge on any atom is -0.478 e. The Bertz CT molecular complexity index is 1450. The first kappa shape index (κ1) is 24.3. The van der Waals surface area contributed by atoms with Crippen LogP contribution in [0.2, 0.25) is 0 Å². The molecular weight excluding hydrogens is 492 g/mol. The molecule has 1 unspecified atom stereocenters. The normalized spacial score (nSPS) is 16.5. The lowest BCUT2D eigenvalue weighted by Crippen LogP contribution is -2.27. The second kappa shape index (κ2) is 9.60. The highest BCUT2D eigenvalue weighted by Gasteiger charge is 2.34. The first-order valence-electron chi connectivity index (χ1n) is 11.3. The van der Waals surface area contributed by atoms with Crippen molar-refractivity contribution in [1.82, 2.24) is 25.3 Å². The number of ether oxygens (including phenoxy) is 1. The average molecular weight is 512 g/mol. The molecule has 12 heteroatoms. The molecule has 2 aromatic carbocycles. The molecule has 5 rings (SSSR count). The van der Waals surface area contributed by atoms with Crippen LogP contribution in [0.3, 0.4) is 0 Å². The van der Waals surface area contributed by atoms with Crippen LogP contribution in [0, 0.1) is 5.82 Å². The van der Waals surface area contributed by atoms with E-state index in [1.165, 1.54) is 18.5 Å². The summed E-state index contributed by atoms with van der Waals surface area (Å²) in [5.41, 5.74) is 2.21. The zero-order valence-electron chi connectivity index (χ0n) is 19.4. The summed E-state index contributed by atoms with van der Waals surface area (Å²) in [4.78, 5) is 27.7. The number of amides is 1. The fourth-order valence-corrected chi connectivity index (χ4v) is 3.98. The summed E-state index contributed by atoms with van der Waals surface area (Å²) >= 11 is 0. The molecule has 1 saturated heterocycles. The second-order valence-electron chi connectivity index (χ2n) is 8.49. The van der Waals surface area contributed by atoms with Crippen molar-refractivity contribution in [1.29, 1.82) is 0 Å². The van der Waals surface area contributed by atoms with E-state index in [1.54, 1.807) is 31.2 Å². The highest BCUT2D eigenvalue weighted by atomic mass is 19.4. The Balaban J connectivity index is 1.54. The molecule has 1 amide bonds. The monoisotopic (exact) mass is 512 g/mol. The molecule has 0 aliphatic carbocycles. The van der Waals surface area contributed by atoms with E-state index in [-0.39, 0.29) is 11.7 Å². The predicted molar refractivity (Wildman–Crippen MR) is 126 cm³/mol. The highest BCUT2D eigenvalue weighted by Crippen LogP contribution is 2.36. The van der Waals surface area contributed by atoms with E-state index < -0.39 is 24.1 Å². The molecule has 4 aromatic rings. The van der Waals surface area contributed by atoms with Crippen LogP contribution in [-0.2, 0) is 11.0 Å². The molecule has 37 heavy (non-hydrogen) atoms. The van der Waals surface area contributed by atoms with E-state index in [4.69, 9.17) is 4.74 Å². The van der Waals surface area contributed by atoms with Gasteiger partial charge in [0.05, 0.1) is 6.04 Å². The number of alkyl halides is 3. The molecule has 1 aliphatic heterocycles. The van der Waals surface area contributed by atoms with Gasteiger partial charge in [0.25, 0.3) is 5.91 Å². The number of nitrogens with one attached hydrogen (secondary N) is 2. The van der Waals surface area contributed by atoms with Gasteiger partial charge >= 0.3 is 6.18 Å². The zero-order valence-corrected chi connectivity index (χ0v) is 19.4. The summed E-state index contributed by atoms with van der Waals surface area (Å²) in [6, 6.07) is 8.90. The third kappa shape index (κ3) is 5.13. The van der Waals surface area contributed by atoms with Crippen LogP contribution in [0.1, 0.15) is 30.8 Å². The van der Waals surface area contributed by atoms with Gasteiger partial charge in [-0.05, 0) is 42.3 Å². The lowest BCUT2D eigenvalue weighted by Gasteiger charge is -2.19. The molecular formula is C25H20F4N6O2. The minimum absolute atomic E-state index is 0.233. The third-order valence-electron chi connectivity index (χ3n) is 5.93. The molecule has 8 nitrogen and oxygen atoms in total. The molecule has 0 radical (unpaired) electrons. The zero-order chi connectivity index (χ0) is 26.2. The fraction of sp³-hybridized carbons (Fsp3) is 0.240. The quantitative estimate of drug-likeness (QED) is 0.362. The van der Waals surface area contributed by atoms with Gasteiger partial charge < -0.3 is 15.4 Å². The largest absolute Gasteiger partial charge is 0.478 e. The first-order chi connectivity index (χ1) is 17.7. The van der Waals surface area contributed by atoms with Crippen molar-refractivity contribution in [2.24, 2.45) is 0 Å². The highest BCUT2D eigenvalue weighted by molar-refractivity contribution is 5.97. The molecule has 2 N–H and O–H groups in total. The van der Waals surface area contributed by atoms with Crippen molar-refractivity contribution >= 4 is 22.6 Å². The van der Waals surface area contributed by atoms with Crippen molar-refractivity contribution in [3.05, 3.63) is 72.3 Å². The van der Waals surface area contributed by atoms with Gasteiger partial charge in [0, 0.05) is 36.3 Å². The number of fused-ring (bicyclic) bond motifs is 1. The molecule has 2 aromatic heterocycles. The van der Waals surface area contributed by atoms with Crippen molar-refractivity contribution in [3.8, 4) is 16.9 Å². The van der Waals surface area contributed by atoms with Gasteiger partial charge in [-0.1, -0.05) is 12.1 Å². The molecule has 3 heterocycles. The summed E-state index contributed by atoms with van der Waals surface area (Å²) in [7, 11) is 0. The van der Waals surface area contributed by atoms with Crippen LogP contribution in [0.15, 0.2) is 55.1 Å². The van der Waals surface area contributed by atoms with Crippen molar-refractivity contribution < 1.29 is 27.1 Å². The van der Waals surface area contributed by atoms with Crippen molar-refractivity contribution in [2.45, 2.75) is 31.7 Å². The lowest BCUT2D eigenvalue weighted by molar-refractivity contribution is -0.145. The summed E-state index contributed by atoms with van der Waals surface area (Å²) in [5.74, 6) is -1.12. The number of aromatic nitrogens is 4. The van der Waals surface area contributed by atoms with Crippen LogP contribution >= 0.6 is 0 Å². The number of benzene rings is 2. The number of hydrogen-bond donors (Lipinski definition) is 2. The van der Waals surface area contributed by atoms with Crippen LogP contribution < -0.4 is 15.4 Å². The number of carbonyl (C=O) groups excluding carboxylic acids is 1. The molecule has 190 valence electrons. The number of hydrogen-bond acceptors (Lipinski definition) is 7. The van der Waals surface area contributed by atoms with Gasteiger partial charge in [-0.3, -0.25) is 4.79 Å². The minimum atomic E-state index is -4.64. The fourth-order valence-electron chi connectivity index (χ4n) is 3.98. The Morgan fingerprint density at radius 3 is 2.43 bits per heavy atom. The maximum Gasteiger partial charge on any atom is 0.451 e. The molecule has 1 aliphatic rings. The average Bonchev–Trinajstić information content (AvgIpc) is 3.28. The number of nitrogens with zero attached hydrogens (tertiary/aromatic N) is 4. The lowest BCUT2D eigenvalue weighted by atomic mass is 10.0. The SMILES string of the molecule is C[C@@H](Nc1ncnc2c(OC3CCNC3=O)cc(-c3ccc(F)cc3)cc12)c1cnc(C(F)(F)F)nc1. The Labute approximate surface area is 208 Å². The standard InChI is InChI=1S/C25H20F4N6O2/c1-13(16-10-31-24(32-11-16)25(27,28)29)35-22-18-8-15(14-2-4-17(26)5-3-14)9-20(21(18)33-12-34-22)37-19-6-7-30-23(19)36/h2-5,8-13,19H,6-7H2,1H3,(H,30,36)(H,33,34,35)/t13-,19?/m1/s1. The smallest absolute Gasteiger partial charge is 0.451 e. The van der Waals surface area contributed by atoms with Crippen molar-refractivity contribution in [3.63, 3.8) is 0 Å². The van der Waals surface area contributed by atoms with Crippen LogP contribution in [0.4, 0.5) is 23.4 Å². The predicted octanol–water partition coefficient (Wildman–Crippen LogP) is 4.69. The number of carbonyl (C=O) groups is 1. The summed E-state index contributed by atoms with van der Waals surface area (Å²) in [6.45, 7) is 2.22. The van der Waals surface area contributed by atoms with Gasteiger partial charge in [0.1, 0.15) is 29.2 Å². The molecule has 0 saturated carbocycles. The van der Waals surface area contributed by atoms with Crippen LogP contribution in [-0.4, -0.2) is 38.5 Å². The van der Waals surface area contributed by atoms with Gasteiger partial charge in [-0.15, -0.1) is 0 Å². The van der Waals surface area contributed by atoms with E-state index in [1.807, 2.05) is 0 Å². The topological polar surface area (TPSA) is 102 Å².